The van der Waals surface area contributed by atoms with E-state index in [-0.39, 0.29) is 33.2 Å². The van der Waals surface area contributed by atoms with Gasteiger partial charge in [-0.05, 0) is 68.3 Å². The van der Waals surface area contributed by atoms with Crippen LogP contribution in [0.5, 0.6) is 0 Å². The maximum absolute atomic E-state index is 13.8. The van der Waals surface area contributed by atoms with Gasteiger partial charge in [0, 0.05) is 22.6 Å². The van der Waals surface area contributed by atoms with Crippen LogP contribution in [0.2, 0.25) is 10.0 Å². The SMILES string of the molecule is CC[C@@H](C)NC(=O)[C@@H](C)N(Cc1ccc(F)cc1)C(=O)CN(c1cc(Cl)cc(Cl)c1)S(=O)(=O)c1ccccc1. The highest BCUT2D eigenvalue weighted by atomic mass is 35.5. The molecule has 0 aliphatic rings. The molecule has 0 spiro atoms. The van der Waals surface area contributed by atoms with Crippen molar-refractivity contribution in [2.24, 2.45) is 0 Å². The number of carbonyl (C=O) groups is 2. The van der Waals surface area contributed by atoms with Crippen LogP contribution in [-0.2, 0) is 26.2 Å². The predicted molar refractivity (Wildman–Crippen MR) is 152 cm³/mol. The van der Waals surface area contributed by atoms with Gasteiger partial charge in [0.1, 0.15) is 18.4 Å². The number of nitrogens with one attached hydrogen (secondary N) is 1. The van der Waals surface area contributed by atoms with Crippen molar-refractivity contribution >= 4 is 50.7 Å². The number of hydrogen-bond donors (Lipinski definition) is 1. The third kappa shape index (κ3) is 7.94. The van der Waals surface area contributed by atoms with Crippen LogP contribution in [0.3, 0.4) is 0 Å². The topological polar surface area (TPSA) is 86.8 Å². The fourth-order valence-corrected chi connectivity index (χ4v) is 5.70. The van der Waals surface area contributed by atoms with Gasteiger partial charge in [-0.1, -0.05) is 60.5 Å². The highest BCUT2D eigenvalue weighted by molar-refractivity contribution is 7.92. The Morgan fingerprint density at radius 2 is 1.54 bits per heavy atom. The average molecular weight is 595 g/mol. The summed E-state index contributed by atoms with van der Waals surface area (Å²) in [4.78, 5) is 28.1. The molecule has 0 radical (unpaired) electrons. The van der Waals surface area contributed by atoms with Gasteiger partial charge in [-0.25, -0.2) is 12.8 Å². The van der Waals surface area contributed by atoms with Crippen LogP contribution in [0.4, 0.5) is 10.1 Å². The number of anilines is 1. The van der Waals surface area contributed by atoms with E-state index >= 15 is 0 Å². The molecule has 0 fully saturated rings. The van der Waals surface area contributed by atoms with Crippen molar-refractivity contribution in [1.82, 2.24) is 10.2 Å². The van der Waals surface area contributed by atoms with E-state index in [1.165, 1.54) is 59.5 Å². The van der Waals surface area contributed by atoms with Crippen LogP contribution in [-0.4, -0.2) is 43.8 Å². The van der Waals surface area contributed by atoms with Gasteiger partial charge in [-0.3, -0.25) is 13.9 Å². The molecule has 0 aliphatic carbocycles. The van der Waals surface area contributed by atoms with Crippen LogP contribution in [0.15, 0.2) is 77.7 Å². The Bertz CT molecular complexity index is 1390. The number of amides is 2. The van der Waals surface area contributed by atoms with Gasteiger partial charge < -0.3 is 10.2 Å². The second-order valence-corrected chi connectivity index (χ2v) is 11.8. The summed E-state index contributed by atoms with van der Waals surface area (Å²) < 4.78 is 41.9. The molecule has 39 heavy (non-hydrogen) atoms. The van der Waals surface area contributed by atoms with E-state index in [0.29, 0.717) is 12.0 Å². The molecule has 0 saturated carbocycles. The predicted octanol–water partition coefficient (Wildman–Crippen LogP) is 5.66. The van der Waals surface area contributed by atoms with Gasteiger partial charge in [0.05, 0.1) is 10.6 Å². The summed E-state index contributed by atoms with van der Waals surface area (Å²) in [6, 6.07) is 16.3. The second kappa shape index (κ2) is 13.3. The molecule has 1 N–H and O–H groups in total. The molecule has 0 aliphatic heterocycles. The zero-order valence-corrected chi connectivity index (χ0v) is 24.1. The number of rotatable bonds is 11. The quantitative estimate of drug-likeness (QED) is 0.311. The summed E-state index contributed by atoms with van der Waals surface area (Å²) in [6.45, 7) is 4.62. The third-order valence-corrected chi connectivity index (χ3v) is 8.40. The van der Waals surface area contributed by atoms with Gasteiger partial charge in [0.15, 0.2) is 0 Å². The number of sulfonamides is 1. The Morgan fingerprint density at radius 1 is 0.949 bits per heavy atom. The first-order valence-electron chi connectivity index (χ1n) is 12.3. The van der Waals surface area contributed by atoms with Gasteiger partial charge in [-0.2, -0.15) is 0 Å². The lowest BCUT2D eigenvalue weighted by molar-refractivity contribution is -0.139. The van der Waals surface area contributed by atoms with E-state index in [0.717, 1.165) is 4.31 Å². The first-order chi connectivity index (χ1) is 18.4. The summed E-state index contributed by atoms with van der Waals surface area (Å²) in [5.41, 5.74) is 0.652. The summed E-state index contributed by atoms with van der Waals surface area (Å²) in [7, 11) is -4.25. The fourth-order valence-electron chi connectivity index (χ4n) is 3.77. The van der Waals surface area contributed by atoms with Crippen LogP contribution in [0.25, 0.3) is 0 Å². The molecule has 0 heterocycles. The highest BCUT2D eigenvalue weighted by Gasteiger charge is 2.33. The lowest BCUT2D eigenvalue weighted by Gasteiger charge is -2.32. The molecule has 3 aromatic carbocycles. The Morgan fingerprint density at radius 3 is 2.10 bits per heavy atom. The summed E-state index contributed by atoms with van der Waals surface area (Å²) >= 11 is 12.4. The van der Waals surface area contributed by atoms with Crippen molar-refractivity contribution in [2.45, 2.75) is 50.7 Å². The molecule has 0 aromatic heterocycles. The maximum atomic E-state index is 13.8. The largest absolute Gasteiger partial charge is 0.352 e. The minimum Gasteiger partial charge on any atom is -0.352 e. The Kier molecular flexibility index (Phi) is 10.4. The van der Waals surface area contributed by atoms with Gasteiger partial charge in [-0.15, -0.1) is 0 Å². The molecule has 2 amide bonds. The normalized spacial score (nSPS) is 12.9. The van der Waals surface area contributed by atoms with E-state index in [4.69, 9.17) is 23.2 Å². The van der Waals surface area contributed by atoms with E-state index in [9.17, 15) is 22.4 Å². The average Bonchev–Trinajstić information content (AvgIpc) is 2.90. The minimum absolute atomic E-state index is 0.0402. The number of nitrogens with zero attached hydrogens (tertiary/aromatic N) is 2. The Balaban J connectivity index is 2.04. The van der Waals surface area contributed by atoms with Crippen LogP contribution in [0, 0.1) is 5.82 Å². The molecular weight excluding hydrogens is 564 g/mol. The Hall–Kier alpha value is -3.14. The lowest BCUT2D eigenvalue weighted by Crippen LogP contribution is -2.52. The lowest BCUT2D eigenvalue weighted by atomic mass is 10.1. The summed E-state index contributed by atoms with van der Waals surface area (Å²) in [6.07, 6.45) is 0.684. The molecule has 0 unspecified atom stereocenters. The highest BCUT2D eigenvalue weighted by Crippen LogP contribution is 2.30. The molecule has 3 aromatic rings. The first kappa shape index (κ1) is 30.4. The van der Waals surface area contributed by atoms with E-state index in [1.54, 1.807) is 25.1 Å². The standard InChI is InChI=1S/C28H30Cl2FN3O4S/c1-4-19(2)32-28(36)20(3)33(17-21-10-12-24(31)13-11-21)27(35)18-34(25-15-22(29)14-23(30)16-25)39(37,38)26-8-6-5-7-9-26/h5-16,19-20H,4,17-18H2,1-3H3,(H,32,36)/t19-,20-/m1/s1. The van der Waals surface area contributed by atoms with Gasteiger partial charge in [0.25, 0.3) is 10.0 Å². The zero-order chi connectivity index (χ0) is 28.7. The van der Waals surface area contributed by atoms with Crippen molar-refractivity contribution < 1.29 is 22.4 Å². The van der Waals surface area contributed by atoms with Crippen molar-refractivity contribution in [3.63, 3.8) is 0 Å². The van der Waals surface area contributed by atoms with Crippen LogP contribution >= 0.6 is 23.2 Å². The third-order valence-electron chi connectivity index (χ3n) is 6.18. The number of hydrogen-bond acceptors (Lipinski definition) is 4. The van der Waals surface area contributed by atoms with E-state index < -0.39 is 40.2 Å². The first-order valence-corrected chi connectivity index (χ1v) is 14.5. The van der Waals surface area contributed by atoms with Gasteiger partial charge >= 0.3 is 0 Å². The maximum Gasteiger partial charge on any atom is 0.264 e. The Labute approximate surface area is 238 Å². The van der Waals surface area contributed by atoms with Crippen LogP contribution < -0.4 is 9.62 Å². The van der Waals surface area contributed by atoms with Gasteiger partial charge in [0.2, 0.25) is 11.8 Å². The molecule has 11 heteroatoms. The monoisotopic (exact) mass is 593 g/mol. The fraction of sp³-hybridized carbons (Fsp3) is 0.286. The van der Waals surface area contributed by atoms with Crippen molar-refractivity contribution in [1.29, 1.82) is 0 Å². The van der Waals surface area contributed by atoms with E-state index in [1.807, 2.05) is 13.8 Å². The number of halogens is 3. The molecule has 0 bridgehead atoms. The molecule has 7 nitrogen and oxygen atoms in total. The zero-order valence-electron chi connectivity index (χ0n) is 21.8. The van der Waals surface area contributed by atoms with Crippen molar-refractivity contribution in [3.05, 3.63) is 94.2 Å². The minimum atomic E-state index is -4.25. The summed E-state index contributed by atoms with van der Waals surface area (Å²) in [5, 5.41) is 3.22. The smallest absolute Gasteiger partial charge is 0.264 e. The van der Waals surface area contributed by atoms with E-state index in [2.05, 4.69) is 5.32 Å². The molecular formula is C28H30Cl2FN3O4S. The van der Waals surface area contributed by atoms with Crippen LogP contribution in [0.1, 0.15) is 32.8 Å². The second-order valence-electron chi connectivity index (χ2n) is 9.09. The summed E-state index contributed by atoms with van der Waals surface area (Å²) in [5.74, 6) is -1.50. The molecule has 208 valence electrons. The number of carbonyl (C=O) groups excluding carboxylic acids is 2. The molecule has 2 atom stereocenters. The molecule has 0 saturated heterocycles. The van der Waals surface area contributed by atoms with Crippen molar-refractivity contribution in [3.8, 4) is 0 Å². The molecule has 3 rings (SSSR count). The number of benzene rings is 3. The van der Waals surface area contributed by atoms with Crippen molar-refractivity contribution in [2.75, 3.05) is 10.8 Å².